The molecule has 6 nitrogen and oxygen atoms in total. The van der Waals surface area contributed by atoms with Crippen LogP contribution in [0.1, 0.15) is 36.5 Å². The van der Waals surface area contributed by atoms with Crippen molar-refractivity contribution < 1.29 is 14.3 Å². The van der Waals surface area contributed by atoms with Crippen molar-refractivity contribution in [3.63, 3.8) is 0 Å². The molecule has 170 valence electrons. The molecule has 2 N–H and O–H groups in total. The Labute approximate surface area is 194 Å². The van der Waals surface area contributed by atoms with Crippen molar-refractivity contribution in [2.24, 2.45) is 0 Å². The van der Waals surface area contributed by atoms with E-state index in [0.29, 0.717) is 29.4 Å². The summed E-state index contributed by atoms with van der Waals surface area (Å²) in [4.78, 5) is 17.7. The van der Waals surface area contributed by atoms with Crippen LogP contribution < -0.4 is 20.1 Å². The second-order valence-electron chi connectivity index (χ2n) is 7.34. The average Bonchev–Trinajstić information content (AvgIpc) is 2.83. The molecule has 0 unspecified atom stereocenters. The quantitative estimate of drug-likeness (QED) is 0.345. The Morgan fingerprint density at radius 3 is 2.62 bits per heavy atom. The van der Waals surface area contributed by atoms with Crippen LogP contribution in [0.3, 0.4) is 0 Å². The van der Waals surface area contributed by atoms with E-state index in [4.69, 9.17) is 9.47 Å². The number of rotatable bonds is 12. The van der Waals surface area contributed by atoms with Crippen molar-refractivity contribution in [1.29, 1.82) is 0 Å². The maximum absolute atomic E-state index is 13.0. The lowest BCUT2D eigenvalue weighted by Gasteiger charge is -2.14. The highest BCUT2D eigenvalue weighted by Gasteiger charge is 2.14. The lowest BCUT2D eigenvalue weighted by molar-refractivity contribution is 0.0955. The van der Waals surface area contributed by atoms with Crippen LogP contribution in [0.2, 0.25) is 0 Å². The third-order valence-electron chi connectivity index (χ3n) is 5.03. The van der Waals surface area contributed by atoms with Gasteiger partial charge in [-0.15, -0.1) is 0 Å². The van der Waals surface area contributed by atoms with Crippen LogP contribution in [0.4, 0.5) is 11.5 Å². The summed E-state index contributed by atoms with van der Waals surface area (Å²) >= 11 is 1.95. The maximum atomic E-state index is 13.0. The molecule has 0 aliphatic heterocycles. The first-order chi connectivity index (χ1) is 15.7. The molecular weight excluding hydrogens is 422 g/mol. The Morgan fingerprint density at radius 2 is 1.84 bits per heavy atom. The molecule has 7 heteroatoms. The molecule has 1 heterocycles. The molecule has 2 aromatic carbocycles. The fourth-order valence-electron chi connectivity index (χ4n) is 3.29. The number of fused-ring (bicyclic) bond motifs is 1. The summed E-state index contributed by atoms with van der Waals surface area (Å²) in [6.45, 7) is 2.86. The number of para-hydroxylation sites is 1. The number of anilines is 2. The number of benzene rings is 2. The van der Waals surface area contributed by atoms with Gasteiger partial charge in [0.25, 0.3) is 5.91 Å². The highest BCUT2D eigenvalue weighted by molar-refractivity contribution is 7.99. The van der Waals surface area contributed by atoms with Gasteiger partial charge in [-0.05, 0) is 48.6 Å². The van der Waals surface area contributed by atoms with E-state index in [1.165, 1.54) is 18.6 Å². The minimum Gasteiger partial charge on any atom is -0.497 e. The molecule has 3 aromatic rings. The Hall–Kier alpha value is -2.93. The molecule has 0 atom stereocenters. The van der Waals surface area contributed by atoms with Crippen LogP contribution in [-0.4, -0.2) is 43.2 Å². The number of nitrogens with zero attached hydrogens (tertiary/aromatic N) is 1. The lowest BCUT2D eigenvalue weighted by atomic mass is 10.1. The summed E-state index contributed by atoms with van der Waals surface area (Å²) in [5.41, 5.74) is 2.10. The van der Waals surface area contributed by atoms with Gasteiger partial charge in [0.15, 0.2) is 0 Å². The van der Waals surface area contributed by atoms with Crippen molar-refractivity contribution >= 4 is 40.1 Å². The Balaban J connectivity index is 1.76. The number of ether oxygens (including phenoxy) is 2. The van der Waals surface area contributed by atoms with Crippen molar-refractivity contribution in [3.05, 3.63) is 54.1 Å². The van der Waals surface area contributed by atoms with Gasteiger partial charge in [0, 0.05) is 18.0 Å². The predicted octanol–water partition coefficient (Wildman–Crippen LogP) is 5.65. The van der Waals surface area contributed by atoms with Crippen molar-refractivity contribution in [2.75, 3.05) is 37.6 Å². The van der Waals surface area contributed by atoms with E-state index in [0.717, 1.165) is 28.8 Å². The molecule has 0 aliphatic rings. The largest absolute Gasteiger partial charge is 0.497 e. The van der Waals surface area contributed by atoms with Crippen LogP contribution in [-0.2, 0) is 0 Å². The van der Waals surface area contributed by atoms with Crippen molar-refractivity contribution in [1.82, 2.24) is 10.3 Å². The molecule has 1 amide bonds. The highest BCUT2D eigenvalue weighted by Crippen LogP contribution is 2.32. The number of aromatic nitrogens is 1. The summed E-state index contributed by atoms with van der Waals surface area (Å²) in [7, 11) is 3.22. The number of hydrogen-bond donors (Lipinski definition) is 2. The molecule has 1 aromatic heterocycles. The third kappa shape index (κ3) is 6.29. The SMILES string of the molecule is CCCCSCCCNC(=O)c1cc(Nc2ccc(OC)cc2OC)nc2ccccc12. The first kappa shape index (κ1) is 23.7. The number of pyridine rings is 1. The van der Waals surface area contributed by atoms with Crippen molar-refractivity contribution in [3.8, 4) is 11.5 Å². The summed E-state index contributed by atoms with van der Waals surface area (Å²) in [6, 6.07) is 15.0. The topological polar surface area (TPSA) is 72.5 Å². The number of carbonyl (C=O) groups is 1. The molecule has 0 bridgehead atoms. The van der Waals surface area contributed by atoms with Crippen LogP contribution in [0, 0.1) is 0 Å². The Morgan fingerprint density at radius 1 is 1.03 bits per heavy atom. The van der Waals surface area contributed by atoms with Crippen molar-refractivity contribution in [2.45, 2.75) is 26.2 Å². The number of hydrogen-bond acceptors (Lipinski definition) is 6. The van der Waals surface area contributed by atoms with E-state index < -0.39 is 0 Å². The summed E-state index contributed by atoms with van der Waals surface area (Å²) in [5.74, 6) is 4.06. The lowest BCUT2D eigenvalue weighted by Crippen LogP contribution is -2.25. The number of thioether (sulfide) groups is 1. The molecule has 0 fully saturated rings. The van der Waals surface area contributed by atoms with E-state index in [9.17, 15) is 4.79 Å². The smallest absolute Gasteiger partial charge is 0.252 e. The van der Waals surface area contributed by atoms with Gasteiger partial charge in [0.2, 0.25) is 0 Å². The summed E-state index contributed by atoms with van der Waals surface area (Å²) in [6.07, 6.45) is 3.42. The number of nitrogens with one attached hydrogen (secondary N) is 2. The average molecular weight is 454 g/mol. The second-order valence-corrected chi connectivity index (χ2v) is 8.56. The monoisotopic (exact) mass is 453 g/mol. The van der Waals surface area contributed by atoms with Gasteiger partial charge >= 0.3 is 0 Å². The second kappa shape index (κ2) is 12.2. The predicted molar refractivity (Wildman–Crippen MR) is 134 cm³/mol. The van der Waals surface area contributed by atoms with Crippen LogP contribution in [0.15, 0.2) is 48.5 Å². The molecule has 3 rings (SSSR count). The van der Waals surface area contributed by atoms with Gasteiger partial charge in [-0.2, -0.15) is 11.8 Å². The summed E-state index contributed by atoms with van der Waals surface area (Å²) in [5, 5.41) is 7.17. The van der Waals surface area contributed by atoms with Crippen LogP contribution in [0.25, 0.3) is 10.9 Å². The van der Waals surface area contributed by atoms with E-state index in [2.05, 4.69) is 22.5 Å². The fourth-order valence-corrected chi connectivity index (χ4v) is 4.33. The minimum absolute atomic E-state index is 0.0908. The molecule has 0 saturated heterocycles. The van der Waals surface area contributed by atoms with Gasteiger partial charge in [-0.1, -0.05) is 31.5 Å². The number of amides is 1. The molecule has 0 saturated carbocycles. The van der Waals surface area contributed by atoms with Gasteiger partial charge < -0.3 is 20.1 Å². The van der Waals surface area contributed by atoms with Crippen LogP contribution in [0.5, 0.6) is 11.5 Å². The van der Waals surface area contributed by atoms with Crippen LogP contribution >= 0.6 is 11.8 Å². The molecule has 32 heavy (non-hydrogen) atoms. The molecule has 0 radical (unpaired) electrons. The molecule has 0 aliphatic carbocycles. The number of unbranched alkanes of at least 4 members (excludes halogenated alkanes) is 1. The van der Waals surface area contributed by atoms with Gasteiger partial charge in [-0.3, -0.25) is 4.79 Å². The first-order valence-corrected chi connectivity index (χ1v) is 12.1. The van der Waals surface area contributed by atoms with E-state index >= 15 is 0 Å². The zero-order chi connectivity index (χ0) is 22.8. The van der Waals surface area contributed by atoms with E-state index in [1.54, 1.807) is 26.4 Å². The Kier molecular flexibility index (Phi) is 9.04. The minimum atomic E-state index is -0.0908. The normalized spacial score (nSPS) is 10.7. The zero-order valence-corrected chi connectivity index (χ0v) is 19.8. The summed E-state index contributed by atoms with van der Waals surface area (Å²) < 4.78 is 10.7. The van der Waals surface area contributed by atoms with E-state index in [1.807, 2.05) is 48.2 Å². The number of methoxy groups -OCH3 is 2. The zero-order valence-electron chi connectivity index (χ0n) is 18.9. The van der Waals surface area contributed by atoms with E-state index in [-0.39, 0.29) is 5.91 Å². The molecular formula is C25H31N3O3S. The fraction of sp³-hybridized carbons (Fsp3) is 0.360. The first-order valence-electron chi connectivity index (χ1n) is 10.9. The van der Waals surface area contributed by atoms with Gasteiger partial charge in [0.05, 0.1) is 31.0 Å². The number of carbonyl (C=O) groups excluding carboxylic acids is 1. The van der Waals surface area contributed by atoms with Gasteiger partial charge in [-0.25, -0.2) is 4.98 Å². The highest BCUT2D eigenvalue weighted by atomic mass is 32.2. The third-order valence-corrected chi connectivity index (χ3v) is 6.18. The Bertz CT molecular complexity index is 1040. The maximum Gasteiger partial charge on any atom is 0.252 e. The molecule has 0 spiro atoms. The standard InChI is InChI=1S/C25H31N3O3S/c1-4-5-14-32-15-8-13-26-25(29)20-17-24(27-21-10-7-6-9-19(20)21)28-22-12-11-18(30-2)16-23(22)31-3/h6-7,9-12,16-17H,4-5,8,13-15H2,1-3H3,(H,26,29)(H,27,28). The van der Waals surface area contributed by atoms with Gasteiger partial charge in [0.1, 0.15) is 17.3 Å².